The monoisotopic (exact) mass is 288 g/mol. The quantitative estimate of drug-likeness (QED) is 0.939. The van der Waals surface area contributed by atoms with Gasteiger partial charge in [0.2, 0.25) is 0 Å². The molecule has 1 atom stereocenters. The number of hydrogen-bond acceptors (Lipinski definition) is 2. The van der Waals surface area contributed by atoms with Crippen LogP contribution in [0.4, 0.5) is 4.39 Å². The number of fused-ring (bicyclic) bond motifs is 1. The molecule has 3 nitrogen and oxygen atoms in total. The Kier molecular flexibility index (Phi) is 4.06. The summed E-state index contributed by atoms with van der Waals surface area (Å²) in [5, 5.41) is 0. The Labute approximate surface area is 123 Å². The molecular formula is C17H19FNO2+. The summed E-state index contributed by atoms with van der Waals surface area (Å²) in [5.41, 5.74) is 6.49. The van der Waals surface area contributed by atoms with Gasteiger partial charge in [0.1, 0.15) is 25.1 Å². The molecule has 21 heavy (non-hydrogen) atoms. The van der Waals surface area contributed by atoms with Gasteiger partial charge in [0.15, 0.2) is 11.5 Å². The summed E-state index contributed by atoms with van der Waals surface area (Å²) in [6, 6.07) is 12.8. The summed E-state index contributed by atoms with van der Waals surface area (Å²) in [7, 11) is 0. The summed E-state index contributed by atoms with van der Waals surface area (Å²) in [5.74, 6) is 1.40. The maximum Gasteiger partial charge on any atom is 0.161 e. The topological polar surface area (TPSA) is 46.1 Å². The molecule has 2 aromatic carbocycles. The number of quaternary nitrogens is 1. The molecule has 0 saturated heterocycles. The van der Waals surface area contributed by atoms with Gasteiger partial charge in [-0.15, -0.1) is 0 Å². The third-order valence-corrected chi connectivity index (χ3v) is 3.73. The predicted octanol–water partition coefficient (Wildman–Crippen LogP) is 2.51. The van der Waals surface area contributed by atoms with Gasteiger partial charge in [-0.25, -0.2) is 4.39 Å². The molecule has 4 heteroatoms. The first kappa shape index (κ1) is 13.9. The maximum atomic E-state index is 12.9. The van der Waals surface area contributed by atoms with Crippen LogP contribution in [0.15, 0.2) is 42.5 Å². The first-order chi connectivity index (χ1) is 10.2. The molecule has 2 aromatic rings. The fourth-order valence-electron chi connectivity index (χ4n) is 2.47. The normalized spacial score (nSPS) is 14.8. The van der Waals surface area contributed by atoms with E-state index >= 15 is 0 Å². The standard InChI is InChI=1S/C17H18FNO2/c18-14-5-1-12(2-6-14)3-7-15(19)13-4-8-16-17(11-13)21-10-9-20-16/h1-2,4-6,8,11,15H,3,7,9-10,19H2/p+1/t15-/m0/s1. The fraction of sp³-hybridized carbons (Fsp3) is 0.294. The molecule has 0 unspecified atom stereocenters. The predicted molar refractivity (Wildman–Crippen MR) is 77.8 cm³/mol. The zero-order chi connectivity index (χ0) is 14.7. The van der Waals surface area contributed by atoms with Crippen LogP contribution in [0.25, 0.3) is 0 Å². The average Bonchev–Trinajstić information content (AvgIpc) is 2.53. The lowest BCUT2D eigenvalue weighted by Crippen LogP contribution is -2.53. The number of aryl methyl sites for hydroxylation is 1. The highest BCUT2D eigenvalue weighted by Gasteiger charge is 2.16. The van der Waals surface area contributed by atoms with E-state index in [1.54, 1.807) is 0 Å². The van der Waals surface area contributed by atoms with E-state index in [9.17, 15) is 4.39 Å². The second-order valence-corrected chi connectivity index (χ2v) is 5.27. The van der Waals surface area contributed by atoms with E-state index in [1.165, 1.54) is 12.1 Å². The molecule has 0 fully saturated rings. The van der Waals surface area contributed by atoms with Gasteiger partial charge in [0.05, 0.1) is 0 Å². The van der Waals surface area contributed by atoms with Gasteiger partial charge >= 0.3 is 0 Å². The third-order valence-electron chi connectivity index (χ3n) is 3.73. The minimum absolute atomic E-state index is 0.172. The van der Waals surface area contributed by atoms with Crippen LogP contribution < -0.4 is 15.2 Å². The van der Waals surface area contributed by atoms with Crippen LogP contribution in [0.3, 0.4) is 0 Å². The average molecular weight is 288 g/mol. The highest BCUT2D eigenvalue weighted by Crippen LogP contribution is 2.32. The van der Waals surface area contributed by atoms with Crippen LogP contribution in [0, 0.1) is 5.82 Å². The summed E-state index contributed by atoms with van der Waals surface area (Å²) in [6.07, 6.45) is 1.79. The van der Waals surface area contributed by atoms with Crippen molar-refractivity contribution in [1.82, 2.24) is 0 Å². The van der Waals surface area contributed by atoms with Gasteiger partial charge in [0.25, 0.3) is 0 Å². The molecule has 0 aromatic heterocycles. The van der Waals surface area contributed by atoms with Crippen LogP contribution >= 0.6 is 0 Å². The van der Waals surface area contributed by atoms with Crippen molar-refractivity contribution in [3.05, 3.63) is 59.4 Å². The lowest BCUT2D eigenvalue weighted by molar-refractivity contribution is -0.427. The Morgan fingerprint density at radius 1 is 1.00 bits per heavy atom. The summed E-state index contributed by atoms with van der Waals surface area (Å²) in [6.45, 7) is 1.19. The van der Waals surface area contributed by atoms with Gasteiger partial charge in [-0.05, 0) is 42.3 Å². The van der Waals surface area contributed by atoms with Crippen molar-refractivity contribution in [2.75, 3.05) is 13.2 Å². The summed E-state index contributed by atoms with van der Waals surface area (Å²) in [4.78, 5) is 0. The molecule has 0 aliphatic carbocycles. The molecule has 0 bridgehead atoms. The molecule has 110 valence electrons. The van der Waals surface area contributed by atoms with Crippen LogP contribution in [0.1, 0.15) is 23.6 Å². The smallest absolute Gasteiger partial charge is 0.161 e. The summed E-state index contributed by atoms with van der Waals surface area (Å²) < 4.78 is 24.0. The summed E-state index contributed by atoms with van der Waals surface area (Å²) >= 11 is 0. The molecule has 1 aliphatic rings. The molecule has 1 aliphatic heterocycles. The van der Waals surface area contributed by atoms with E-state index in [0.717, 1.165) is 35.5 Å². The van der Waals surface area contributed by atoms with Gasteiger partial charge < -0.3 is 15.2 Å². The van der Waals surface area contributed by atoms with E-state index < -0.39 is 0 Å². The van der Waals surface area contributed by atoms with Crippen molar-refractivity contribution in [2.45, 2.75) is 18.9 Å². The lowest BCUT2D eigenvalue weighted by Gasteiger charge is -2.19. The Morgan fingerprint density at radius 2 is 1.71 bits per heavy atom. The minimum atomic E-state index is -0.197. The zero-order valence-corrected chi connectivity index (χ0v) is 11.8. The molecule has 0 amide bonds. The second kappa shape index (κ2) is 6.14. The van der Waals surface area contributed by atoms with E-state index in [0.29, 0.717) is 13.2 Å². The number of ether oxygens (including phenoxy) is 2. The largest absolute Gasteiger partial charge is 0.486 e. The molecule has 0 radical (unpaired) electrons. The van der Waals surface area contributed by atoms with E-state index in [4.69, 9.17) is 9.47 Å². The van der Waals surface area contributed by atoms with Crippen LogP contribution in [-0.4, -0.2) is 13.2 Å². The molecule has 3 N–H and O–H groups in total. The van der Waals surface area contributed by atoms with Crippen molar-refractivity contribution in [2.24, 2.45) is 0 Å². The molecule has 1 heterocycles. The highest BCUT2D eigenvalue weighted by molar-refractivity contribution is 5.44. The van der Waals surface area contributed by atoms with E-state index in [2.05, 4.69) is 5.73 Å². The van der Waals surface area contributed by atoms with Gasteiger partial charge in [-0.1, -0.05) is 12.1 Å². The first-order valence-electron chi connectivity index (χ1n) is 7.19. The molecule has 0 spiro atoms. The van der Waals surface area contributed by atoms with Crippen LogP contribution in [0.2, 0.25) is 0 Å². The highest BCUT2D eigenvalue weighted by atomic mass is 19.1. The second-order valence-electron chi connectivity index (χ2n) is 5.27. The van der Waals surface area contributed by atoms with E-state index in [1.807, 2.05) is 30.3 Å². The van der Waals surface area contributed by atoms with Gasteiger partial charge in [-0.3, -0.25) is 0 Å². The van der Waals surface area contributed by atoms with Crippen LogP contribution in [-0.2, 0) is 6.42 Å². The lowest BCUT2D eigenvalue weighted by atomic mass is 9.99. The fourth-order valence-corrected chi connectivity index (χ4v) is 2.47. The number of benzene rings is 2. The van der Waals surface area contributed by atoms with Crippen molar-refractivity contribution >= 4 is 0 Å². The Hall–Kier alpha value is -2.07. The van der Waals surface area contributed by atoms with Crippen LogP contribution in [0.5, 0.6) is 11.5 Å². The van der Waals surface area contributed by atoms with Crippen molar-refractivity contribution in [1.29, 1.82) is 0 Å². The number of hydrogen-bond donors (Lipinski definition) is 1. The molecule has 3 rings (SSSR count). The van der Waals surface area contributed by atoms with E-state index in [-0.39, 0.29) is 11.9 Å². The zero-order valence-electron chi connectivity index (χ0n) is 11.8. The Bertz CT molecular complexity index is 613. The SMILES string of the molecule is [NH3+][C@@H](CCc1ccc(F)cc1)c1ccc2c(c1)OCCO2. The maximum absolute atomic E-state index is 12.9. The Morgan fingerprint density at radius 3 is 2.48 bits per heavy atom. The van der Waals surface area contributed by atoms with Gasteiger partial charge in [0, 0.05) is 12.0 Å². The third kappa shape index (κ3) is 3.34. The number of halogens is 1. The molecule has 0 saturated carbocycles. The van der Waals surface area contributed by atoms with Crippen molar-refractivity contribution < 1.29 is 19.6 Å². The van der Waals surface area contributed by atoms with Crippen molar-refractivity contribution in [3.63, 3.8) is 0 Å². The Balaban J connectivity index is 1.65. The minimum Gasteiger partial charge on any atom is -0.486 e. The first-order valence-corrected chi connectivity index (χ1v) is 7.19. The number of rotatable bonds is 4. The molecular weight excluding hydrogens is 269 g/mol. The van der Waals surface area contributed by atoms with Gasteiger partial charge in [-0.2, -0.15) is 0 Å². The van der Waals surface area contributed by atoms with Crippen molar-refractivity contribution in [3.8, 4) is 11.5 Å².